The van der Waals surface area contributed by atoms with Gasteiger partial charge in [0.05, 0.1) is 5.69 Å². The van der Waals surface area contributed by atoms with Gasteiger partial charge >= 0.3 is 0 Å². The van der Waals surface area contributed by atoms with Gasteiger partial charge < -0.3 is 10.2 Å². The number of nitrogens with zero attached hydrogens (tertiary/aromatic N) is 2. The highest BCUT2D eigenvalue weighted by Gasteiger charge is 2.20. The highest BCUT2D eigenvalue weighted by Crippen LogP contribution is 2.20. The van der Waals surface area contributed by atoms with Gasteiger partial charge in [-0.25, -0.2) is 18.2 Å². The second-order valence-electron chi connectivity index (χ2n) is 5.97. The lowest BCUT2D eigenvalue weighted by Crippen LogP contribution is -2.31. The molecule has 0 fully saturated rings. The number of carbonyl (C=O) groups is 2. The van der Waals surface area contributed by atoms with E-state index >= 15 is 0 Å². The molecule has 0 radical (unpaired) electrons. The van der Waals surface area contributed by atoms with Crippen molar-refractivity contribution in [3.63, 3.8) is 0 Å². The standard InChI is InChI=1S/C21H16F3N3O2/c1-2-27(13-7-4-3-5-8-13)21(29)17-10-6-9-16(25-17)20(28)26-15-12-11-14(22)18(23)19(15)24/h3-12H,2H2,1H3,(H,26,28). The first-order valence-electron chi connectivity index (χ1n) is 8.71. The third-order valence-corrected chi connectivity index (χ3v) is 4.11. The Balaban J connectivity index is 1.84. The van der Waals surface area contributed by atoms with Gasteiger partial charge in [0, 0.05) is 12.2 Å². The van der Waals surface area contributed by atoms with E-state index in [1.165, 1.54) is 23.1 Å². The molecule has 0 bridgehead atoms. The van der Waals surface area contributed by atoms with Crippen LogP contribution in [0.1, 0.15) is 27.9 Å². The quantitative estimate of drug-likeness (QED) is 0.646. The molecule has 0 aliphatic rings. The van der Waals surface area contributed by atoms with Gasteiger partial charge in [-0.05, 0) is 43.3 Å². The molecule has 3 rings (SSSR count). The Labute approximate surface area is 164 Å². The van der Waals surface area contributed by atoms with Crippen molar-refractivity contribution >= 4 is 23.2 Å². The lowest BCUT2D eigenvalue weighted by Gasteiger charge is -2.20. The Morgan fingerprint density at radius 3 is 2.28 bits per heavy atom. The van der Waals surface area contributed by atoms with Crippen LogP contribution in [0.25, 0.3) is 0 Å². The zero-order valence-corrected chi connectivity index (χ0v) is 15.3. The van der Waals surface area contributed by atoms with Gasteiger partial charge in [0.2, 0.25) is 0 Å². The molecule has 5 nitrogen and oxygen atoms in total. The molecular weight excluding hydrogens is 383 g/mol. The number of para-hydroxylation sites is 1. The largest absolute Gasteiger partial charge is 0.318 e. The van der Waals surface area contributed by atoms with Crippen molar-refractivity contribution in [1.82, 2.24) is 4.98 Å². The minimum atomic E-state index is -1.69. The van der Waals surface area contributed by atoms with Crippen LogP contribution < -0.4 is 10.2 Å². The predicted molar refractivity (Wildman–Crippen MR) is 102 cm³/mol. The van der Waals surface area contributed by atoms with E-state index in [1.54, 1.807) is 31.2 Å². The molecule has 2 aromatic carbocycles. The Morgan fingerprint density at radius 2 is 1.59 bits per heavy atom. The third kappa shape index (κ3) is 4.26. The first kappa shape index (κ1) is 20.1. The van der Waals surface area contributed by atoms with Crippen LogP contribution in [0, 0.1) is 17.5 Å². The zero-order valence-electron chi connectivity index (χ0n) is 15.3. The van der Waals surface area contributed by atoms with E-state index in [-0.39, 0.29) is 11.4 Å². The zero-order chi connectivity index (χ0) is 21.0. The molecule has 1 aromatic heterocycles. The second-order valence-corrected chi connectivity index (χ2v) is 5.97. The number of aromatic nitrogens is 1. The first-order valence-corrected chi connectivity index (χ1v) is 8.71. The number of hydrogen-bond donors (Lipinski definition) is 1. The molecule has 0 spiro atoms. The predicted octanol–water partition coefficient (Wildman–Crippen LogP) is 4.42. The molecule has 0 saturated heterocycles. The summed E-state index contributed by atoms with van der Waals surface area (Å²) in [5.74, 6) is -5.88. The molecule has 0 aliphatic carbocycles. The van der Waals surface area contributed by atoms with Gasteiger partial charge in [0.25, 0.3) is 11.8 Å². The third-order valence-electron chi connectivity index (χ3n) is 4.11. The smallest absolute Gasteiger partial charge is 0.276 e. The normalized spacial score (nSPS) is 10.5. The van der Waals surface area contributed by atoms with Crippen molar-refractivity contribution in [1.29, 1.82) is 0 Å². The minimum Gasteiger partial charge on any atom is -0.318 e. The maximum absolute atomic E-state index is 13.8. The highest BCUT2D eigenvalue weighted by atomic mass is 19.2. The molecule has 0 unspecified atom stereocenters. The van der Waals surface area contributed by atoms with Crippen LogP contribution in [0.3, 0.4) is 0 Å². The fraction of sp³-hybridized carbons (Fsp3) is 0.0952. The summed E-state index contributed by atoms with van der Waals surface area (Å²) in [5.41, 5.74) is -0.0365. The van der Waals surface area contributed by atoms with Crippen LogP contribution >= 0.6 is 0 Å². The van der Waals surface area contributed by atoms with Crippen LogP contribution in [0.15, 0.2) is 60.7 Å². The fourth-order valence-electron chi connectivity index (χ4n) is 2.68. The van der Waals surface area contributed by atoms with Crippen LogP contribution in [-0.4, -0.2) is 23.3 Å². The van der Waals surface area contributed by atoms with Gasteiger partial charge in [-0.2, -0.15) is 0 Å². The van der Waals surface area contributed by atoms with Crippen LogP contribution in [-0.2, 0) is 0 Å². The van der Waals surface area contributed by atoms with Gasteiger partial charge in [-0.15, -0.1) is 0 Å². The summed E-state index contributed by atoms with van der Waals surface area (Å²) in [6.45, 7) is 2.17. The fourth-order valence-corrected chi connectivity index (χ4v) is 2.68. The van der Waals surface area contributed by atoms with Crippen molar-refractivity contribution in [2.75, 3.05) is 16.8 Å². The van der Waals surface area contributed by atoms with E-state index < -0.39 is 35.0 Å². The average Bonchev–Trinajstić information content (AvgIpc) is 2.75. The molecule has 2 amide bonds. The lowest BCUT2D eigenvalue weighted by molar-refractivity contribution is 0.0983. The summed E-state index contributed by atoms with van der Waals surface area (Å²) in [6.07, 6.45) is 0. The van der Waals surface area contributed by atoms with E-state index in [2.05, 4.69) is 10.3 Å². The maximum Gasteiger partial charge on any atom is 0.276 e. The molecule has 0 saturated carbocycles. The number of pyridine rings is 1. The number of hydrogen-bond acceptors (Lipinski definition) is 3. The highest BCUT2D eigenvalue weighted by molar-refractivity contribution is 6.07. The molecule has 29 heavy (non-hydrogen) atoms. The molecule has 3 aromatic rings. The van der Waals surface area contributed by atoms with Gasteiger partial charge in [-0.3, -0.25) is 9.59 Å². The van der Waals surface area contributed by atoms with Crippen molar-refractivity contribution in [3.05, 3.63) is 89.5 Å². The summed E-state index contributed by atoms with van der Waals surface area (Å²) < 4.78 is 40.1. The number of benzene rings is 2. The average molecular weight is 399 g/mol. The summed E-state index contributed by atoms with van der Waals surface area (Å²) in [5, 5.41) is 2.13. The summed E-state index contributed by atoms with van der Waals surface area (Å²) >= 11 is 0. The number of halogens is 3. The van der Waals surface area contributed by atoms with Crippen LogP contribution in [0.5, 0.6) is 0 Å². The molecule has 8 heteroatoms. The van der Waals surface area contributed by atoms with E-state index in [9.17, 15) is 22.8 Å². The molecule has 0 atom stereocenters. The SMILES string of the molecule is CCN(C(=O)c1cccc(C(=O)Nc2ccc(F)c(F)c2F)n1)c1ccccc1. The molecular formula is C21H16F3N3O2. The van der Waals surface area contributed by atoms with Gasteiger partial charge in [0.15, 0.2) is 17.5 Å². The topological polar surface area (TPSA) is 62.3 Å². The van der Waals surface area contributed by atoms with Gasteiger partial charge in [-0.1, -0.05) is 24.3 Å². The summed E-state index contributed by atoms with van der Waals surface area (Å²) in [7, 11) is 0. The summed E-state index contributed by atoms with van der Waals surface area (Å²) in [4.78, 5) is 30.7. The Kier molecular flexibility index (Phi) is 5.92. The van der Waals surface area contributed by atoms with Crippen LogP contribution in [0.2, 0.25) is 0 Å². The van der Waals surface area contributed by atoms with E-state index in [1.807, 2.05) is 6.07 Å². The van der Waals surface area contributed by atoms with Crippen molar-refractivity contribution in [2.45, 2.75) is 6.92 Å². The molecule has 148 valence electrons. The minimum absolute atomic E-state index is 0.00844. The van der Waals surface area contributed by atoms with E-state index in [0.717, 1.165) is 6.07 Å². The summed E-state index contributed by atoms with van der Waals surface area (Å²) in [6, 6.07) is 14.8. The van der Waals surface area contributed by atoms with Crippen molar-refractivity contribution in [2.24, 2.45) is 0 Å². The monoisotopic (exact) mass is 399 g/mol. The van der Waals surface area contributed by atoms with Crippen molar-refractivity contribution < 1.29 is 22.8 Å². The molecule has 0 aliphatic heterocycles. The number of amides is 2. The Bertz CT molecular complexity index is 1060. The van der Waals surface area contributed by atoms with E-state index in [0.29, 0.717) is 18.3 Å². The Morgan fingerprint density at radius 1 is 0.897 bits per heavy atom. The number of nitrogens with one attached hydrogen (secondary N) is 1. The van der Waals surface area contributed by atoms with Crippen LogP contribution in [0.4, 0.5) is 24.5 Å². The maximum atomic E-state index is 13.8. The van der Waals surface area contributed by atoms with Crippen molar-refractivity contribution in [3.8, 4) is 0 Å². The molecule has 1 N–H and O–H groups in total. The Hall–Kier alpha value is -3.68. The number of anilines is 2. The van der Waals surface area contributed by atoms with E-state index in [4.69, 9.17) is 0 Å². The lowest BCUT2D eigenvalue weighted by atomic mass is 10.2. The first-order chi connectivity index (χ1) is 13.9. The number of rotatable bonds is 5. The molecule has 1 heterocycles. The van der Waals surface area contributed by atoms with Gasteiger partial charge in [0.1, 0.15) is 11.4 Å². The number of carbonyl (C=O) groups excluding carboxylic acids is 2. The second kappa shape index (κ2) is 8.55.